The molecule has 0 aliphatic carbocycles. The second kappa shape index (κ2) is 6.60. The normalized spacial score (nSPS) is 14.2. The zero-order chi connectivity index (χ0) is 18.0. The monoisotopic (exact) mass is 358 g/mol. The van der Waals surface area contributed by atoms with Gasteiger partial charge in [-0.2, -0.15) is 23.4 Å². The van der Waals surface area contributed by atoms with Crippen molar-refractivity contribution in [1.82, 2.24) is 10.1 Å². The highest BCUT2D eigenvalue weighted by atomic mass is 32.2. The van der Waals surface area contributed by atoms with E-state index in [4.69, 9.17) is 5.26 Å². The summed E-state index contributed by atoms with van der Waals surface area (Å²) in [7, 11) is -2.74. The van der Waals surface area contributed by atoms with E-state index in [1.807, 2.05) is 0 Å². The second-order valence-corrected chi connectivity index (χ2v) is 7.99. The molecule has 1 atom stereocenters. The van der Waals surface area contributed by atoms with Crippen LogP contribution in [0.1, 0.15) is 25.3 Å². The lowest BCUT2D eigenvalue weighted by atomic mass is 10.1. The van der Waals surface area contributed by atoms with E-state index in [1.165, 1.54) is 12.1 Å². The van der Waals surface area contributed by atoms with Gasteiger partial charge < -0.3 is 4.52 Å². The summed E-state index contributed by atoms with van der Waals surface area (Å²) in [5.41, 5.74) is 0.960. The molecule has 10 heteroatoms. The van der Waals surface area contributed by atoms with Crippen molar-refractivity contribution >= 4 is 9.73 Å². The Morgan fingerprint density at radius 1 is 1.33 bits per heavy atom. The first-order valence-corrected chi connectivity index (χ1v) is 8.52. The third kappa shape index (κ3) is 3.91. The number of hydrogen-bond acceptors (Lipinski definition) is 6. The number of nitriles is 1. The molecule has 0 fully saturated rings. The van der Waals surface area contributed by atoms with Crippen LogP contribution in [0, 0.1) is 11.5 Å². The van der Waals surface area contributed by atoms with Gasteiger partial charge in [-0.3, -0.25) is 0 Å². The van der Waals surface area contributed by atoms with Gasteiger partial charge in [0, 0.05) is 10.8 Å². The molecule has 128 valence electrons. The van der Waals surface area contributed by atoms with Crippen LogP contribution in [0.4, 0.5) is 13.2 Å². The summed E-state index contributed by atoms with van der Waals surface area (Å²) in [5, 5.41) is 11.6. The van der Waals surface area contributed by atoms with Crippen molar-refractivity contribution in [3.05, 3.63) is 35.7 Å². The van der Waals surface area contributed by atoms with Crippen LogP contribution in [0.5, 0.6) is 0 Å². The van der Waals surface area contributed by atoms with Gasteiger partial charge in [0.25, 0.3) is 0 Å². The molecule has 6 nitrogen and oxygen atoms in total. The standard InChI is InChI=1S/C14H13F3N4O2S/c1-9(2)24(22,19-8-18)7-10-3-5-11(6-4-10)12-20-13(23-21-12)14(15,16)17/h3-6,9H,7H2,1-2H3. The van der Waals surface area contributed by atoms with Crippen molar-refractivity contribution in [3.63, 3.8) is 0 Å². The Morgan fingerprint density at radius 2 is 1.96 bits per heavy atom. The van der Waals surface area contributed by atoms with Gasteiger partial charge >= 0.3 is 12.1 Å². The third-order valence-electron chi connectivity index (χ3n) is 3.19. The molecule has 0 radical (unpaired) electrons. The number of nitrogens with zero attached hydrogens (tertiary/aromatic N) is 4. The molecule has 0 bridgehead atoms. The average Bonchev–Trinajstić information content (AvgIpc) is 2.98. The molecule has 0 aliphatic rings. The van der Waals surface area contributed by atoms with E-state index >= 15 is 0 Å². The van der Waals surface area contributed by atoms with Crippen molar-refractivity contribution in [2.75, 3.05) is 0 Å². The number of aromatic nitrogens is 2. The van der Waals surface area contributed by atoms with E-state index in [9.17, 15) is 17.4 Å². The van der Waals surface area contributed by atoms with Crippen molar-refractivity contribution in [2.45, 2.75) is 31.0 Å². The molecule has 0 aliphatic heterocycles. The molecule has 24 heavy (non-hydrogen) atoms. The van der Waals surface area contributed by atoms with E-state index < -0.39 is 21.8 Å². The lowest BCUT2D eigenvalue weighted by Gasteiger charge is -2.12. The van der Waals surface area contributed by atoms with Crippen LogP contribution < -0.4 is 0 Å². The average molecular weight is 358 g/mol. The van der Waals surface area contributed by atoms with E-state index in [0.717, 1.165) is 0 Å². The summed E-state index contributed by atoms with van der Waals surface area (Å²) in [6.45, 7) is 3.41. The number of hydrogen-bond donors (Lipinski definition) is 0. The maximum Gasteiger partial charge on any atom is 0.471 e. The van der Waals surface area contributed by atoms with Gasteiger partial charge in [-0.1, -0.05) is 43.3 Å². The fourth-order valence-corrected chi connectivity index (χ4v) is 3.24. The molecular formula is C14H13F3N4O2S. The quantitative estimate of drug-likeness (QED) is 0.779. The summed E-state index contributed by atoms with van der Waals surface area (Å²) in [4.78, 5) is 3.29. The van der Waals surface area contributed by atoms with Gasteiger partial charge in [-0.25, -0.2) is 4.21 Å². The Morgan fingerprint density at radius 3 is 2.42 bits per heavy atom. The number of halogens is 3. The zero-order valence-corrected chi connectivity index (χ0v) is 13.6. The molecule has 1 heterocycles. The van der Waals surface area contributed by atoms with Crippen LogP contribution in [-0.2, 0) is 21.7 Å². The number of benzene rings is 1. The molecule has 0 saturated heterocycles. The van der Waals surface area contributed by atoms with E-state index in [2.05, 4.69) is 19.0 Å². The fraction of sp³-hybridized carbons (Fsp3) is 0.357. The van der Waals surface area contributed by atoms with Crippen molar-refractivity contribution in [1.29, 1.82) is 5.26 Å². The minimum atomic E-state index is -4.70. The van der Waals surface area contributed by atoms with Crippen LogP contribution in [0.2, 0.25) is 0 Å². The minimum Gasteiger partial charge on any atom is -0.329 e. The fourth-order valence-electron chi connectivity index (χ4n) is 1.82. The van der Waals surface area contributed by atoms with Gasteiger partial charge in [0.05, 0.1) is 15.5 Å². The third-order valence-corrected chi connectivity index (χ3v) is 5.80. The summed E-state index contributed by atoms with van der Waals surface area (Å²) < 4.78 is 57.6. The first-order valence-electron chi connectivity index (χ1n) is 6.77. The van der Waals surface area contributed by atoms with Gasteiger partial charge in [0.1, 0.15) is 0 Å². The summed E-state index contributed by atoms with van der Waals surface area (Å²) in [5.74, 6) is -1.55. The molecule has 1 unspecified atom stereocenters. The predicted octanol–water partition coefficient (Wildman–Crippen LogP) is 3.61. The highest BCUT2D eigenvalue weighted by Gasteiger charge is 2.38. The van der Waals surface area contributed by atoms with Crippen LogP contribution in [-0.4, -0.2) is 19.6 Å². The Kier molecular flexibility index (Phi) is 4.94. The number of alkyl halides is 3. The van der Waals surface area contributed by atoms with E-state index in [1.54, 1.807) is 32.2 Å². The SMILES string of the molecule is CC(C)S(=O)(Cc1ccc(-c2noc(C(F)(F)F)n2)cc1)=NC#N. The van der Waals surface area contributed by atoms with Gasteiger partial charge in [0.15, 0.2) is 0 Å². The highest BCUT2D eigenvalue weighted by Crippen LogP contribution is 2.29. The first kappa shape index (κ1) is 17.9. The molecule has 2 rings (SSSR count). The van der Waals surface area contributed by atoms with Crippen molar-refractivity contribution < 1.29 is 21.9 Å². The maximum atomic E-state index is 12.6. The van der Waals surface area contributed by atoms with Crippen molar-refractivity contribution in [2.24, 2.45) is 4.36 Å². The van der Waals surface area contributed by atoms with Gasteiger partial charge in [-0.15, -0.1) is 4.36 Å². The molecule has 2 aromatic rings. The summed E-state index contributed by atoms with van der Waals surface area (Å²) in [6, 6.07) is 6.14. The Labute approximate surface area is 136 Å². The largest absolute Gasteiger partial charge is 0.471 e. The second-order valence-electron chi connectivity index (χ2n) is 5.19. The summed E-state index contributed by atoms with van der Waals surface area (Å²) in [6.07, 6.45) is -3.13. The first-order chi connectivity index (χ1) is 11.2. The molecule has 1 aromatic heterocycles. The predicted molar refractivity (Wildman–Crippen MR) is 79.8 cm³/mol. The molecular weight excluding hydrogens is 345 g/mol. The maximum absolute atomic E-state index is 12.6. The van der Waals surface area contributed by atoms with Gasteiger partial charge in [0.2, 0.25) is 12.0 Å². The molecule has 0 saturated carbocycles. The topological polar surface area (TPSA) is 92.1 Å². The lowest BCUT2D eigenvalue weighted by Crippen LogP contribution is -2.15. The van der Waals surface area contributed by atoms with E-state index in [0.29, 0.717) is 11.1 Å². The van der Waals surface area contributed by atoms with E-state index in [-0.39, 0.29) is 16.8 Å². The summed E-state index contributed by atoms with van der Waals surface area (Å²) >= 11 is 0. The smallest absolute Gasteiger partial charge is 0.329 e. The van der Waals surface area contributed by atoms with Crippen LogP contribution in [0.15, 0.2) is 33.2 Å². The van der Waals surface area contributed by atoms with Crippen LogP contribution in [0.25, 0.3) is 11.4 Å². The van der Waals surface area contributed by atoms with Gasteiger partial charge in [-0.05, 0) is 5.56 Å². The Bertz CT molecular complexity index is 873. The lowest BCUT2D eigenvalue weighted by molar-refractivity contribution is -0.159. The van der Waals surface area contributed by atoms with Crippen molar-refractivity contribution in [3.8, 4) is 17.6 Å². The molecule has 0 N–H and O–H groups in total. The number of rotatable bonds is 4. The van der Waals surface area contributed by atoms with Crippen LogP contribution >= 0.6 is 0 Å². The minimum absolute atomic E-state index is 0.0680. The molecule has 1 aromatic carbocycles. The van der Waals surface area contributed by atoms with Crippen LogP contribution in [0.3, 0.4) is 0 Å². The molecule has 0 spiro atoms. The highest BCUT2D eigenvalue weighted by molar-refractivity contribution is 7.93. The zero-order valence-electron chi connectivity index (χ0n) is 12.7. The Hall–Kier alpha value is -2.41. The molecule has 0 amide bonds. The Balaban J connectivity index is 2.26.